The van der Waals surface area contributed by atoms with E-state index in [9.17, 15) is 4.79 Å². The Hall–Kier alpha value is -1.04. The van der Waals surface area contributed by atoms with E-state index in [0.717, 1.165) is 0 Å². The second-order valence-corrected chi connectivity index (χ2v) is 4.47. The van der Waals surface area contributed by atoms with Crippen LogP contribution in [0.15, 0.2) is 16.7 Å². The third-order valence-electron chi connectivity index (χ3n) is 2.81. The fourth-order valence-corrected chi connectivity index (χ4v) is 2.13. The molecule has 0 bridgehead atoms. The first-order valence-electron chi connectivity index (χ1n) is 5.82. The van der Waals surface area contributed by atoms with Gasteiger partial charge in [-0.05, 0) is 19.9 Å². The largest absolute Gasteiger partial charge is 0.467 e. The van der Waals surface area contributed by atoms with Crippen LogP contribution < -0.4 is 5.73 Å². The van der Waals surface area contributed by atoms with Crippen LogP contribution in [0.1, 0.15) is 30.0 Å². The van der Waals surface area contributed by atoms with Crippen molar-refractivity contribution in [1.82, 2.24) is 4.90 Å². The molecule has 1 aliphatic heterocycles. The van der Waals surface area contributed by atoms with Crippen LogP contribution in [0.4, 0.5) is 0 Å². The van der Waals surface area contributed by atoms with Gasteiger partial charge in [-0.25, -0.2) is 0 Å². The molecule has 1 amide bonds. The van der Waals surface area contributed by atoms with Crippen molar-refractivity contribution in [3.63, 3.8) is 0 Å². The van der Waals surface area contributed by atoms with Crippen LogP contribution in [-0.4, -0.2) is 36.1 Å². The van der Waals surface area contributed by atoms with Crippen molar-refractivity contribution in [1.29, 1.82) is 0 Å². The lowest BCUT2D eigenvalue weighted by Gasteiger charge is -2.35. The molecule has 1 aromatic rings. The molecule has 18 heavy (non-hydrogen) atoms. The number of morpholine rings is 1. The van der Waals surface area contributed by atoms with Gasteiger partial charge in [0.25, 0.3) is 5.91 Å². The van der Waals surface area contributed by atoms with Crippen molar-refractivity contribution >= 4 is 18.3 Å². The number of amides is 1. The summed E-state index contributed by atoms with van der Waals surface area (Å²) in [5.41, 5.74) is 6.01. The monoisotopic (exact) mass is 274 g/mol. The van der Waals surface area contributed by atoms with Gasteiger partial charge in [-0.3, -0.25) is 4.79 Å². The summed E-state index contributed by atoms with van der Waals surface area (Å²) in [5, 5.41) is 0. The molecule has 0 spiro atoms. The van der Waals surface area contributed by atoms with Crippen LogP contribution in [0.2, 0.25) is 0 Å². The maximum atomic E-state index is 12.2. The average Bonchev–Trinajstić information content (AvgIpc) is 2.75. The van der Waals surface area contributed by atoms with Crippen LogP contribution in [0, 0.1) is 0 Å². The number of carbonyl (C=O) groups excluding carboxylic acids is 1. The molecule has 1 saturated heterocycles. The summed E-state index contributed by atoms with van der Waals surface area (Å²) in [4.78, 5) is 14.0. The van der Waals surface area contributed by atoms with E-state index in [2.05, 4.69) is 0 Å². The molecule has 2 heterocycles. The Kier molecular flexibility index (Phi) is 5.19. The third kappa shape index (κ3) is 3.25. The topological polar surface area (TPSA) is 68.7 Å². The Labute approximate surface area is 113 Å². The molecule has 102 valence electrons. The predicted octanol–water partition coefficient (Wildman–Crippen LogP) is 1.41. The fraction of sp³-hybridized carbons (Fsp3) is 0.583. The zero-order valence-electron chi connectivity index (χ0n) is 10.6. The molecule has 2 unspecified atom stereocenters. The van der Waals surface area contributed by atoms with E-state index in [1.807, 2.05) is 13.8 Å². The summed E-state index contributed by atoms with van der Waals surface area (Å²) in [7, 11) is 0. The lowest BCUT2D eigenvalue weighted by Crippen LogP contribution is -2.48. The standard InChI is InChI=1S/C12H18N2O3.ClH/c1-8-5-14(6-9(2)17-8)12(15)10-3-11(4-13)16-7-10;/h3,7-9H,4-6,13H2,1-2H3;1H. The molecule has 0 saturated carbocycles. The maximum absolute atomic E-state index is 12.2. The van der Waals surface area contributed by atoms with Gasteiger partial charge in [-0.15, -0.1) is 12.4 Å². The zero-order valence-corrected chi connectivity index (χ0v) is 11.4. The number of hydrogen-bond donors (Lipinski definition) is 1. The molecule has 0 aromatic carbocycles. The highest BCUT2D eigenvalue weighted by molar-refractivity contribution is 5.94. The minimum Gasteiger partial charge on any atom is -0.467 e. The number of carbonyl (C=O) groups is 1. The molecule has 1 aromatic heterocycles. The highest BCUT2D eigenvalue weighted by atomic mass is 35.5. The molecule has 2 atom stereocenters. The quantitative estimate of drug-likeness (QED) is 0.885. The SMILES string of the molecule is CC1CN(C(=O)c2coc(CN)c2)CC(C)O1.Cl. The Morgan fingerprint density at radius 3 is 2.56 bits per heavy atom. The minimum absolute atomic E-state index is 0. The van der Waals surface area contributed by atoms with E-state index in [-0.39, 0.29) is 30.5 Å². The van der Waals surface area contributed by atoms with E-state index < -0.39 is 0 Å². The first-order chi connectivity index (χ1) is 8.10. The summed E-state index contributed by atoms with van der Waals surface area (Å²) in [6.07, 6.45) is 1.61. The van der Waals surface area contributed by atoms with Crippen LogP contribution in [0.25, 0.3) is 0 Å². The second-order valence-electron chi connectivity index (χ2n) is 4.47. The maximum Gasteiger partial charge on any atom is 0.257 e. The van der Waals surface area contributed by atoms with Gasteiger partial charge < -0.3 is 19.8 Å². The Bertz CT molecular complexity index is 398. The van der Waals surface area contributed by atoms with Crippen molar-refractivity contribution in [3.05, 3.63) is 23.7 Å². The fourth-order valence-electron chi connectivity index (χ4n) is 2.13. The van der Waals surface area contributed by atoms with Crippen LogP contribution >= 0.6 is 12.4 Å². The van der Waals surface area contributed by atoms with Crippen molar-refractivity contribution in [2.24, 2.45) is 5.73 Å². The molecule has 2 rings (SSSR count). The number of rotatable bonds is 2. The van der Waals surface area contributed by atoms with Gasteiger partial charge in [0.05, 0.1) is 24.3 Å². The molecular weight excluding hydrogens is 256 g/mol. The molecule has 1 fully saturated rings. The van der Waals surface area contributed by atoms with E-state index in [4.69, 9.17) is 14.9 Å². The van der Waals surface area contributed by atoms with Gasteiger partial charge in [0.15, 0.2) is 0 Å². The van der Waals surface area contributed by atoms with Gasteiger partial charge in [-0.1, -0.05) is 0 Å². The number of ether oxygens (including phenoxy) is 1. The van der Waals surface area contributed by atoms with E-state index in [1.54, 1.807) is 11.0 Å². The van der Waals surface area contributed by atoms with Crippen LogP contribution in [-0.2, 0) is 11.3 Å². The normalized spacial score (nSPS) is 23.6. The molecule has 5 nitrogen and oxygen atoms in total. The number of nitrogens with zero attached hydrogens (tertiary/aromatic N) is 1. The highest BCUT2D eigenvalue weighted by Gasteiger charge is 2.27. The Morgan fingerprint density at radius 2 is 2.06 bits per heavy atom. The predicted molar refractivity (Wildman–Crippen MR) is 69.8 cm³/mol. The smallest absolute Gasteiger partial charge is 0.257 e. The summed E-state index contributed by atoms with van der Waals surface area (Å²) in [6.45, 7) is 5.48. The molecule has 0 radical (unpaired) electrons. The van der Waals surface area contributed by atoms with Crippen molar-refractivity contribution in [2.45, 2.75) is 32.6 Å². The second kappa shape index (κ2) is 6.22. The van der Waals surface area contributed by atoms with Crippen molar-refractivity contribution in [3.8, 4) is 0 Å². The molecule has 6 heteroatoms. The van der Waals surface area contributed by atoms with Gasteiger partial charge in [0.1, 0.15) is 12.0 Å². The molecule has 2 N–H and O–H groups in total. The number of nitrogens with two attached hydrogens (primary N) is 1. The van der Waals surface area contributed by atoms with Crippen LogP contribution in [0.5, 0.6) is 0 Å². The Morgan fingerprint density at radius 1 is 1.44 bits per heavy atom. The summed E-state index contributed by atoms with van der Waals surface area (Å²) in [5.74, 6) is 0.609. The van der Waals surface area contributed by atoms with E-state index in [0.29, 0.717) is 31.0 Å². The average molecular weight is 275 g/mol. The van der Waals surface area contributed by atoms with Gasteiger partial charge in [0.2, 0.25) is 0 Å². The Balaban J connectivity index is 0.00000162. The van der Waals surface area contributed by atoms with Crippen molar-refractivity contribution < 1.29 is 13.9 Å². The number of halogens is 1. The van der Waals surface area contributed by atoms with Gasteiger partial charge in [0, 0.05) is 13.1 Å². The molecule has 0 aliphatic carbocycles. The van der Waals surface area contributed by atoms with Gasteiger partial charge >= 0.3 is 0 Å². The molecular formula is C12H19ClN2O3. The minimum atomic E-state index is -0.0181. The third-order valence-corrected chi connectivity index (χ3v) is 2.81. The van der Waals surface area contributed by atoms with Crippen LogP contribution in [0.3, 0.4) is 0 Å². The lowest BCUT2D eigenvalue weighted by molar-refractivity contribution is -0.0586. The highest BCUT2D eigenvalue weighted by Crippen LogP contribution is 2.16. The number of furan rings is 1. The first kappa shape index (κ1) is 15.0. The van der Waals surface area contributed by atoms with Gasteiger partial charge in [-0.2, -0.15) is 0 Å². The first-order valence-corrected chi connectivity index (χ1v) is 5.82. The number of hydrogen-bond acceptors (Lipinski definition) is 4. The van der Waals surface area contributed by atoms with E-state index >= 15 is 0 Å². The summed E-state index contributed by atoms with van der Waals surface area (Å²) in [6, 6.07) is 1.70. The van der Waals surface area contributed by atoms with E-state index in [1.165, 1.54) is 6.26 Å². The zero-order chi connectivity index (χ0) is 12.4. The lowest BCUT2D eigenvalue weighted by atomic mass is 10.2. The summed E-state index contributed by atoms with van der Waals surface area (Å²) < 4.78 is 10.8. The summed E-state index contributed by atoms with van der Waals surface area (Å²) >= 11 is 0. The van der Waals surface area contributed by atoms with Crippen molar-refractivity contribution in [2.75, 3.05) is 13.1 Å². The molecule has 1 aliphatic rings.